The zero-order valence-electron chi connectivity index (χ0n) is 9.80. The molecule has 0 bridgehead atoms. The molecule has 0 saturated heterocycles. The molecule has 1 aromatic heterocycles. The fraction of sp³-hybridized carbons (Fsp3) is 0.444. The zero-order valence-corrected chi connectivity index (χ0v) is 10.6. The first-order valence-corrected chi connectivity index (χ1v) is 6.50. The lowest BCUT2D eigenvalue weighted by Gasteiger charge is -2.40. The molecule has 1 N–H and O–H groups in total. The van der Waals surface area contributed by atoms with Crippen molar-refractivity contribution in [3.63, 3.8) is 0 Å². The number of amides is 1. The highest BCUT2D eigenvalue weighted by Gasteiger charge is 2.23. The van der Waals surface area contributed by atoms with Gasteiger partial charge in [0.2, 0.25) is 0 Å². The second-order valence-electron chi connectivity index (χ2n) is 3.34. The average molecular weight is 244 g/mol. The van der Waals surface area contributed by atoms with Crippen LogP contribution in [0.2, 0.25) is 0 Å². The van der Waals surface area contributed by atoms with E-state index in [9.17, 15) is 4.79 Å². The summed E-state index contributed by atoms with van der Waals surface area (Å²) >= 11 is 0. The molecule has 0 aliphatic heterocycles. The lowest BCUT2D eigenvalue weighted by atomic mass is 10.3. The van der Waals surface area contributed by atoms with Crippen LogP contribution in [0.1, 0.15) is 10.4 Å². The number of nitrogens with zero attached hydrogens (tertiary/aromatic N) is 3. The Morgan fingerprint density at radius 2 is 2.00 bits per heavy atom. The number of carbonyl (C=O) groups is 1. The fourth-order valence-electron chi connectivity index (χ4n) is 0.929. The van der Waals surface area contributed by atoms with Crippen molar-refractivity contribution in [2.45, 2.75) is 0 Å². The van der Waals surface area contributed by atoms with Gasteiger partial charge in [-0.1, -0.05) is 0 Å². The zero-order chi connectivity index (χ0) is 12.2. The highest BCUT2D eigenvalue weighted by molar-refractivity contribution is 8.26. The Bertz CT molecular complexity index is 360. The van der Waals surface area contributed by atoms with Gasteiger partial charge in [0.1, 0.15) is 6.33 Å². The Morgan fingerprint density at radius 1 is 1.44 bits per heavy atom. The molecule has 0 aliphatic carbocycles. The number of aromatic nitrogens is 2. The summed E-state index contributed by atoms with van der Waals surface area (Å²) in [5.74, 6) is -0.242. The Kier molecular flexibility index (Phi) is 4.22. The smallest absolute Gasteiger partial charge is 0.265 e. The maximum atomic E-state index is 11.8. The van der Waals surface area contributed by atoms with Crippen molar-refractivity contribution in [3.8, 4) is 0 Å². The molecule has 1 heterocycles. The van der Waals surface area contributed by atoms with Crippen molar-refractivity contribution >= 4 is 16.6 Å². The summed E-state index contributed by atoms with van der Waals surface area (Å²) in [6, 6.07) is 0. The molecule has 7 heteroatoms. The van der Waals surface area contributed by atoms with E-state index in [-0.39, 0.29) is 5.91 Å². The van der Waals surface area contributed by atoms with Gasteiger partial charge in [-0.3, -0.25) is 9.52 Å². The summed E-state index contributed by atoms with van der Waals surface area (Å²) < 4.78 is 10.00. The largest absolute Gasteiger partial charge is 0.309 e. The van der Waals surface area contributed by atoms with E-state index in [1.54, 1.807) is 7.11 Å². The van der Waals surface area contributed by atoms with E-state index >= 15 is 0 Å². The van der Waals surface area contributed by atoms with E-state index in [0.717, 1.165) is 0 Å². The second kappa shape index (κ2) is 5.24. The quantitative estimate of drug-likeness (QED) is 0.839. The van der Waals surface area contributed by atoms with Crippen LogP contribution >= 0.6 is 10.7 Å². The molecule has 90 valence electrons. The number of nitrogens with one attached hydrogen (secondary N) is 1. The number of rotatable bonds is 4. The second-order valence-corrected chi connectivity index (χ2v) is 6.21. The summed E-state index contributed by atoms with van der Waals surface area (Å²) in [5.41, 5.74) is 0.417. The Balaban J connectivity index is 2.78. The van der Waals surface area contributed by atoms with Crippen molar-refractivity contribution in [2.24, 2.45) is 0 Å². The average Bonchev–Trinajstić information content (AvgIpc) is 2.29. The van der Waals surface area contributed by atoms with E-state index < -0.39 is 10.7 Å². The van der Waals surface area contributed by atoms with Gasteiger partial charge < -0.3 is 4.18 Å². The maximum absolute atomic E-state index is 11.8. The van der Waals surface area contributed by atoms with Gasteiger partial charge in [-0.2, -0.15) is 0 Å². The van der Waals surface area contributed by atoms with E-state index in [2.05, 4.69) is 14.7 Å². The predicted octanol–water partition coefficient (Wildman–Crippen LogP) is 0.594. The van der Waals surface area contributed by atoms with Crippen LogP contribution in [0.15, 0.2) is 18.7 Å². The molecule has 1 amide bonds. The topological polar surface area (TPSA) is 67.3 Å². The minimum Gasteiger partial charge on any atom is -0.309 e. The van der Waals surface area contributed by atoms with Gasteiger partial charge in [0.05, 0.1) is 12.7 Å². The van der Waals surface area contributed by atoms with Crippen LogP contribution in [0.25, 0.3) is 0 Å². The fourth-order valence-corrected chi connectivity index (χ4v) is 1.96. The summed E-state index contributed by atoms with van der Waals surface area (Å²) in [4.78, 5) is 19.4. The predicted molar refractivity (Wildman–Crippen MR) is 63.7 cm³/mol. The van der Waals surface area contributed by atoms with E-state index in [1.807, 2.05) is 24.7 Å². The van der Waals surface area contributed by atoms with Gasteiger partial charge >= 0.3 is 0 Å². The van der Waals surface area contributed by atoms with Crippen LogP contribution in [-0.4, -0.2) is 47.6 Å². The Labute approximate surface area is 96.8 Å². The van der Waals surface area contributed by atoms with Gasteiger partial charge in [0, 0.05) is 18.6 Å². The first-order chi connectivity index (χ1) is 7.49. The van der Waals surface area contributed by atoms with Gasteiger partial charge in [0.15, 0.2) is 0 Å². The minimum absolute atomic E-state index is 0.242. The van der Waals surface area contributed by atoms with Crippen molar-refractivity contribution in [2.75, 3.05) is 27.5 Å². The van der Waals surface area contributed by atoms with Crippen LogP contribution in [-0.2, 0) is 4.18 Å². The van der Waals surface area contributed by atoms with Crippen molar-refractivity contribution < 1.29 is 8.98 Å². The number of hydrogen-bond donors (Lipinski definition) is 1. The standard InChI is InChI=1S/C9H16N4O2S/c1-13(2)16(4,15-3)12-9(14)8-5-10-7-11-6-8/h5-7H,1-4H3,(H,12,14). The SMILES string of the molecule is COS(C)(NC(=O)c1cncnc1)N(C)C. The molecule has 0 aromatic carbocycles. The molecular formula is C9H16N4O2S. The third kappa shape index (κ3) is 2.91. The van der Waals surface area contributed by atoms with Crippen molar-refractivity contribution in [1.29, 1.82) is 0 Å². The molecule has 0 spiro atoms. The number of hydrogen-bond acceptors (Lipinski definition) is 5. The third-order valence-electron chi connectivity index (χ3n) is 2.13. The molecule has 16 heavy (non-hydrogen) atoms. The molecule has 1 atom stereocenters. The maximum Gasteiger partial charge on any atom is 0.265 e. The number of carbonyl (C=O) groups excluding carboxylic acids is 1. The molecule has 0 radical (unpaired) electrons. The first-order valence-electron chi connectivity index (χ1n) is 4.58. The lowest BCUT2D eigenvalue weighted by molar-refractivity contribution is 0.0977. The first kappa shape index (κ1) is 12.9. The van der Waals surface area contributed by atoms with E-state index in [4.69, 9.17) is 4.18 Å². The highest BCUT2D eigenvalue weighted by Crippen LogP contribution is 2.41. The molecule has 6 nitrogen and oxygen atoms in total. The van der Waals surface area contributed by atoms with E-state index in [1.165, 1.54) is 18.7 Å². The van der Waals surface area contributed by atoms with Crippen LogP contribution < -0.4 is 4.72 Å². The lowest BCUT2D eigenvalue weighted by Crippen LogP contribution is -2.36. The van der Waals surface area contributed by atoms with Gasteiger partial charge in [-0.05, 0) is 24.8 Å². The van der Waals surface area contributed by atoms with Crippen molar-refractivity contribution in [3.05, 3.63) is 24.3 Å². The summed E-state index contributed by atoms with van der Waals surface area (Å²) in [7, 11) is 3.50. The van der Waals surface area contributed by atoms with Crippen LogP contribution in [0.4, 0.5) is 0 Å². The Hall–Kier alpha value is -1.18. The van der Waals surface area contributed by atoms with Gasteiger partial charge in [-0.25, -0.2) is 14.3 Å². The summed E-state index contributed by atoms with van der Waals surface area (Å²) in [6.07, 6.45) is 6.15. The molecule has 0 saturated carbocycles. The van der Waals surface area contributed by atoms with Crippen LogP contribution in [0.3, 0.4) is 0 Å². The van der Waals surface area contributed by atoms with Crippen molar-refractivity contribution in [1.82, 2.24) is 19.0 Å². The third-order valence-corrected chi connectivity index (χ3v) is 4.73. The molecule has 0 aliphatic rings. The normalized spacial score (nSPS) is 16.6. The molecule has 1 unspecified atom stereocenters. The van der Waals surface area contributed by atoms with Gasteiger partial charge in [0.25, 0.3) is 5.91 Å². The molecule has 1 aromatic rings. The summed E-state index contributed by atoms with van der Waals surface area (Å²) in [6.45, 7) is 0. The molecular weight excluding hydrogens is 228 g/mol. The molecule has 0 fully saturated rings. The molecule has 1 rings (SSSR count). The van der Waals surface area contributed by atoms with Crippen LogP contribution in [0, 0.1) is 0 Å². The Morgan fingerprint density at radius 3 is 2.44 bits per heavy atom. The summed E-state index contributed by atoms with van der Waals surface area (Å²) in [5, 5.41) is 0. The van der Waals surface area contributed by atoms with Crippen LogP contribution in [0.5, 0.6) is 0 Å². The minimum atomic E-state index is -1.76. The van der Waals surface area contributed by atoms with Gasteiger partial charge in [-0.15, -0.1) is 0 Å². The highest BCUT2D eigenvalue weighted by atomic mass is 32.3. The van der Waals surface area contributed by atoms with E-state index in [0.29, 0.717) is 5.56 Å². The monoisotopic (exact) mass is 244 g/mol.